The molecule has 0 fully saturated rings. The van der Waals surface area contributed by atoms with Crippen molar-refractivity contribution in [3.63, 3.8) is 0 Å². The summed E-state index contributed by atoms with van der Waals surface area (Å²) in [7, 11) is 1.68. The van der Waals surface area contributed by atoms with Gasteiger partial charge in [0.05, 0.1) is 7.11 Å². The van der Waals surface area contributed by atoms with Crippen molar-refractivity contribution in [3.05, 3.63) is 41.5 Å². The normalized spacial score (nSPS) is 10.5. The highest BCUT2D eigenvalue weighted by molar-refractivity contribution is 5.27. The van der Waals surface area contributed by atoms with Gasteiger partial charge < -0.3 is 9.30 Å². The second-order valence-electron chi connectivity index (χ2n) is 4.04. The molecule has 4 nitrogen and oxygen atoms in total. The number of aromatic nitrogens is 3. The Bertz CT molecular complexity index is 468. The van der Waals surface area contributed by atoms with E-state index >= 15 is 0 Å². The molecular formula is C13H17N3O. The summed E-state index contributed by atoms with van der Waals surface area (Å²) in [5.41, 5.74) is 1.29. The van der Waals surface area contributed by atoms with Crippen LogP contribution in [0.15, 0.2) is 24.3 Å². The maximum atomic E-state index is 5.13. The van der Waals surface area contributed by atoms with Crippen molar-refractivity contribution >= 4 is 0 Å². The van der Waals surface area contributed by atoms with E-state index in [4.69, 9.17) is 4.74 Å². The fraction of sp³-hybridized carbons (Fsp3) is 0.385. The van der Waals surface area contributed by atoms with Crippen LogP contribution < -0.4 is 4.74 Å². The van der Waals surface area contributed by atoms with E-state index in [1.165, 1.54) is 5.56 Å². The van der Waals surface area contributed by atoms with Crippen LogP contribution in [0.5, 0.6) is 5.75 Å². The summed E-state index contributed by atoms with van der Waals surface area (Å²) in [6.07, 6.45) is 0.976. The molecule has 1 aromatic heterocycles. The van der Waals surface area contributed by atoms with Crippen molar-refractivity contribution in [1.82, 2.24) is 14.8 Å². The predicted octanol–water partition coefficient (Wildman–Crippen LogP) is 2.15. The van der Waals surface area contributed by atoms with E-state index in [-0.39, 0.29) is 0 Å². The second kappa shape index (κ2) is 4.99. The van der Waals surface area contributed by atoms with E-state index in [1.807, 2.05) is 26.0 Å². The lowest BCUT2D eigenvalue weighted by Gasteiger charge is -2.07. The fourth-order valence-electron chi connectivity index (χ4n) is 1.84. The predicted molar refractivity (Wildman–Crippen MR) is 66.2 cm³/mol. The van der Waals surface area contributed by atoms with Crippen LogP contribution in [0.1, 0.15) is 17.2 Å². The molecule has 0 amide bonds. The summed E-state index contributed by atoms with van der Waals surface area (Å²) in [5.74, 6) is 2.83. The van der Waals surface area contributed by atoms with E-state index in [1.54, 1.807) is 7.11 Å². The fourth-order valence-corrected chi connectivity index (χ4v) is 1.84. The summed E-state index contributed by atoms with van der Waals surface area (Å²) < 4.78 is 7.26. The molecule has 0 aliphatic heterocycles. The Hall–Kier alpha value is -1.84. The van der Waals surface area contributed by atoms with Crippen LogP contribution in [0, 0.1) is 13.8 Å². The molecule has 2 rings (SSSR count). The van der Waals surface area contributed by atoms with Crippen LogP contribution >= 0.6 is 0 Å². The quantitative estimate of drug-likeness (QED) is 0.809. The van der Waals surface area contributed by atoms with Gasteiger partial charge in [-0.15, -0.1) is 10.2 Å². The number of rotatable bonds is 4. The van der Waals surface area contributed by atoms with Gasteiger partial charge in [-0.3, -0.25) is 0 Å². The van der Waals surface area contributed by atoms with Gasteiger partial charge in [0.15, 0.2) is 0 Å². The number of aryl methyl sites for hydroxylation is 3. The number of hydrogen-bond donors (Lipinski definition) is 0. The lowest BCUT2D eigenvalue weighted by Crippen LogP contribution is -2.05. The Balaban J connectivity index is 2.02. The first-order chi connectivity index (χ1) is 8.20. The molecule has 0 N–H and O–H groups in total. The molecule has 0 aliphatic carbocycles. The van der Waals surface area contributed by atoms with Gasteiger partial charge in [-0.25, -0.2) is 0 Å². The van der Waals surface area contributed by atoms with Gasteiger partial charge in [-0.1, -0.05) is 12.1 Å². The zero-order valence-electron chi connectivity index (χ0n) is 10.5. The molecule has 0 bridgehead atoms. The van der Waals surface area contributed by atoms with Crippen molar-refractivity contribution in [2.75, 3.05) is 7.11 Å². The third kappa shape index (κ3) is 2.64. The lowest BCUT2D eigenvalue weighted by atomic mass is 10.1. The zero-order valence-corrected chi connectivity index (χ0v) is 10.5. The Kier molecular flexibility index (Phi) is 3.42. The van der Waals surface area contributed by atoms with Crippen LogP contribution in [0.4, 0.5) is 0 Å². The highest BCUT2D eigenvalue weighted by Gasteiger charge is 2.04. The molecular weight excluding hydrogens is 214 g/mol. The second-order valence-corrected chi connectivity index (χ2v) is 4.04. The number of nitrogens with zero attached hydrogens (tertiary/aromatic N) is 3. The summed E-state index contributed by atoms with van der Waals surface area (Å²) in [6.45, 7) is 4.87. The monoisotopic (exact) mass is 231 g/mol. The van der Waals surface area contributed by atoms with Crippen molar-refractivity contribution in [3.8, 4) is 5.75 Å². The van der Waals surface area contributed by atoms with Crippen molar-refractivity contribution in [2.24, 2.45) is 0 Å². The van der Waals surface area contributed by atoms with E-state index in [9.17, 15) is 0 Å². The molecule has 0 atom stereocenters. The topological polar surface area (TPSA) is 39.9 Å². The third-order valence-corrected chi connectivity index (χ3v) is 2.90. The van der Waals surface area contributed by atoms with Gasteiger partial charge in [0, 0.05) is 6.54 Å². The first-order valence-corrected chi connectivity index (χ1v) is 5.70. The summed E-state index contributed by atoms with van der Waals surface area (Å²) in [4.78, 5) is 0. The Labute approximate surface area is 101 Å². The SMILES string of the molecule is COc1ccc(CCn2c(C)nnc2C)cc1. The molecule has 0 unspecified atom stereocenters. The molecule has 17 heavy (non-hydrogen) atoms. The first kappa shape index (κ1) is 11.6. The summed E-state index contributed by atoms with van der Waals surface area (Å²) in [5, 5.41) is 8.10. The average Bonchev–Trinajstić information content (AvgIpc) is 2.67. The minimum Gasteiger partial charge on any atom is -0.497 e. The summed E-state index contributed by atoms with van der Waals surface area (Å²) in [6, 6.07) is 8.16. The van der Waals surface area contributed by atoms with E-state index in [2.05, 4.69) is 26.9 Å². The lowest BCUT2D eigenvalue weighted by molar-refractivity contribution is 0.414. The molecule has 2 aromatic rings. The van der Waals surface area contributed by atoms with E-state index in [0.29, 0.717) is 0 Å². The third-order valence-electron chi connectivity index (χ3n) is 2.90. The number of methoxy groups -OCH3 is 1. The Morgan fingerprint density at radius 3 is 2.18 bits per heavy atom. The molecule has 0 aliphatic rings. The van der Waals surface area contributed by atoms with Crippen molar-refractivity contribution in [2.45, 2.75) is 26.8 Å². The molecule has 4 heteroatoms. The molecule has 0 saturated heterocycles. The minimum atomic E-state index is 0.894. The highest BCUT2D eigenvalue weighted by Crippen LogP contribution is 2.12. The number of hydrogen-bond acceptors (Lipinski definition) is 3. The standard InChI is InChI=1S/C13H17N3O/c1-10-14-15-11(2)16(10)9-8-12-4-6-13(17-3)7-5-12/h4-7H,8-9H2,1-3H3. The van der Waals surface area contributed by atoms with Crippen LogP contribution in [-0.2, 0) is 13.0 Å². The van der Waals surface area contributed by atoms with Gasteiger partial charge in [-0.05, 0) is 38.0 Å². The largest absolute Gasteiger partial charge is 0.497 e. The Morgan fingerprint density at radius 1 is 1.06 bits per heavy atom. The van der Waals surface area contributed by atoms with Crippen LogP contribution in [0.2, 0.25) is 0 Å². The van der Waals surface area contributed by atoms with Gasteiger partial charge in [0.2, 0.25) is 0 Å². The van der Waals surface area contributed by atoms with E-state index in [0.717, 1.165) is 30.4 Å². The average molecular weight is 231 g/mol. The van der Waals surface area contributed by atoms with Gasteiger partial charge in [0.25, 0.3) is 0 Å². The minimum absolute atomic E-state index is 0.894. The maximum absolute atomic E-state index is 5.13. The zero-order chi connectivity index (χ0) is 12.3. The molecule has 0 saturated carbocycles. The van der Waals surface area contributed by atoms with Gasteiger partial charge in [-0.2, -0.15) is 0 Å². The van der Waals surface area contributed by atoms with Gasteiger partial charge >= 0.3 is 0 Å². The summed E-state index contributed by atoms with van der Waals surface area (Å²) >= 11 is 0. The van der Waals surface area contributed by atoms with Crippen LogP contribution in [-0.4, -0.2) is 21.9 Å². The highest BCUT2D eigenvalue weighted by atomic mass is 16.5. The smallest absolute Gasteiger partial charge is 0.129 e. The van der Waals surface area contributed by atoms with Crippen LogP contribution in [0.25, 0.3) is 0 Å². The van der Waals surface area contributed by atoms with Gasteiger partial charge in [0.1, 0.15) is 17.4 Å². The first-order valence-electron chi connectivity index (χ1n) is 5.70. The number of benzene rings is 1. The molecule has 1 aromatic carbocycles. The van der Waals surface area contributed by atoms with Crippen LogP contribution in [0.3, 0.4) is 0 Å². The molecule has 0 radical (unpaired) electrons. The maximum Gasteiger partial charge on any atom is 0.129 e. The van der Waals surface area contributed by atoms with Crippen molar-refractivity contribution < 1.29 is 4.74 Å². The van der Waals surface area contributed by atoms with Crippen molar-refractivity contribution in [1.29, 1.82) is 0 Å². The Morgan fingerprint density at radius 2 is 1.65 bits per heavy atom. The molecule has 0 spiro atoms. The number of ether oxygens (including phenoxy) is 1. The van der Waals surface area contributed by atoms with E-state index < -0.39 is 0 Å². The molecule has 90 valence electrons. The molecule has 1 heterocycles.